The minimum atomic E-state index is -0.661. The van der Waals surface area contributed by atoms with Gasteiger partial charge in [0.15, 0.2) is 0 Å². The summed E-state index contributed by atoms with van der Waals surface area (Å²) in [7, 11) is 1.70. The van der Waals surface area contributed by atoms with Crippen molar-refractivity contribution in [3.8, 4) is 0 Å². The molecule has 0 spiro atoms. The molecule has 4 rings (SSSR count). The van der Waals surface area contributed by atoms with Crippen LogP contribution < -0.4 is 10.2 Å². The van der Waals surface area contributed by atoms with Crippen LogP contribution in [0.3, 0.4) is 0 Å². The summed E-state index contributed by atoms with van der Waals surface area (Å²) in [6.45, 7) is 0. The molecule has 9 heteroatoms. The molecule has 3 aromatic rings. The molecule has 1 atom stereocenters. The van der Waals surface area contributed by atoms with Crippen molar-refractivity contribution in [3.63, 3.8) is 0 Å². The number of hydrogen-bond donors (Lipinski definition) is 1. The van der Waals surface area contributed by atoms with Gasteiger partial charge in [-0.1, -0.05) is 28.1 Å². The smallest absolute Gasteiger partial charge is 0.324 e. The maximum atomic E-state index is 13.3. The van der Waals surface area contributed by atoms with Crippen LogP contribution in [0.2, 0.25) is 0 Å². The number of amides is 2. The summed E-state index contributed by atoms with van der Waals surface area (Å²) >= 11 is 3.43. The van der Waals surface area contributed by atoms with Crippen LogP contribution in [0.1, 0.15) is 23.2 Å². The van der Waals surface area contributed by atoms with Gasteiger partial charge in [0.25, 0.3) is 0 Å². The summed E-state index contributed by atoms with van der Waals surface area (Å²) < 4.78 is 15.3. The van der Waals surface area contributed by atoms with Gasteiger partial charge in [-0.15, -0.1) is 0 Å². The number of aromatic nitrogens is 3. The zero-order valence-corrected chi connectivity index (χ0v) is 17.8. The lowest BCUT2D eigenvalue weighted by atomic mass is 10.1. The van der Waals surface area contributed by atoms with Crippen molar-refractivity contribution in [3.05, 3.63) is 76.0 Å². The van der Waals surface area contributed by atoms with Gasteiger partial charge in [-0.2, -0.15) is 14.2 Å². The Morgan fingerprint density at radius 2 is 2.17 bits per heavy atom. The number of benzene rings is 1. The molecule has 0 fully saturated rings. The minimum absolute atomic E-state index is 0.184. The third-order valence-corrected chi connectivity index (χ3v) is 5.53. The highest BCUT2D eigenvalue weighted by Crippen LogP contribution is 2.29. The molecule has 0 bridgehead atoms. The molecule has 3 heterocycles. The molecule has 30 heavy (non-hydrogen) atoms. The SMILES string of the molecule is CN1C(=O)C(NC(=O)n2cc(Cc3cccc(F)n3)cn2)CCc2ccc(Br)cc21. The Morgan fingerprint density at radius 1 is 1.33 bits per heavy atom. The van der Waals surface area contributed by atoms with Gasteiger partial charge in [-0.25, -0.2) is 9.78 Å². The average Bonchev–Trinajstić information content (AvgIpc) is 3.15. The minimum Gasteiger partial charge on any atom is -0.324 e. The van der Waals surface area contributed by atoms with Gasteiger partial charge in [0.05, 0.1) is 6.20 Å². The lowest BCUT2D eigenvalue weighted by Gasteiger charge is -2.22. The molecule has 7 nitrogen and oxygen atoms in total. The first kappa shape index (κ1) is 20.2. The van der Waals surface area contributed by atoms with Crippen LogP contribution in [0.4, 0.5) is 14.9 Å². The fourth-order valence-electron chi connectivity index (χ4n) is 3.51. The van der Waals surface area contributed by atoms with Crippen LogP contribution in [-0.4, -0.2) is 39.8 Å². The van der Waals surface area contributed by atoms with Crippen molar-refractivity contribution < 1.29 is 14.0 Å². The second kappa shape index (κ2) is 8.35. The Kier molecular flexibility index (Phi) is 5.63. The highest BCUT2D eigenvalue weighted by atomic mass is 79.9. The van der Waals surface area contributed by atoms with E-state index in [0.717, 1.165) is 20.4 Å². The summed E-state index contributed by atoms with van der Waals surface area (Å²) in [5, 5.41) is 6.84. The number of fused-ring (bicyclic) bond motifs is 1. The summed E-state index contributed by atoms with van der Waals surface area (Å²) in [4.78, 5) is 30.9. The Morgan fingerprint density at radius 3 is 2.97 bits per heavy atom. The number of rotatable bonds is 3. The summed E-state index contributed by atoms with van der Waals surface area (Å²) in [6.07, 6.45) is 4.59. The molecular weight excluding hydrogens is 453 g/mol. The third-order valence-electron chi connectivity index (χ3n) is 5.04. The van der Waals surface area contributed by atoms with Gasteiger partial charge in [-0.3, -0.25) is 4.79 Å². The molecule has 0 saturated carbocycles. The Bertz CT molecular complexity index is 1120. The first-order valence-corrected chi connectivity index (χ1v) is 10.2. The number of hydrogen-bond acceptors (Lipinski definition) is 4. The Hall–Kier alpha value is -3.07. The van der Waals surface area contributed by atoms with Gasteiger partial charge >= 0.3 is 6.03 Å². The molecule has 1 aliphatic heterocycles. The van der Waals surface area contributed by atoms with E-state index in [4.69, 9.17) is 0 Å². The van der Waals surface area contributed by atoms with Crippen molar-refractivity contribution in [2.75, 3.05) is 11.9 Å². The fraction of sp³-hybridized carbons (Fsp3) is 0.238. The van der Waals surface area contributed by atoms with Crippen LogP contribution in [-0.2, 0) is 17.6 Å². The number of pyridine rings is 1. The van der Waals surface area contributed by atoms with Crippen LogP contribution in [0, 0.1) is 5.95 Å². The number of carbonyl (C=O) groups is 2. The number of carbonyl (C=O) groups excluding carboxylic acids is 2. The molecule has 1 unspecified atom stereocenters. The monoisotopic (exact) mass is 471 g/mol. The molecule has 154 valence electrons. The van der Waals surface area contributed by atoms with Gasteiger partial charge in [0.2, 0.25) is 11.9 Å². The molecule has 2 amide bonds. The molecule has 1 N–H and O–H groups in total. The number of nitrogens with one attached hydrogen (secondary N) is 1. The lowest BCUT2D eigenvalue weighted by Crippen LogP contribution is -2.48. The van der Waals surface area contributed by atoms with Gasteiger partial charge < -0.3 is 10.2 Å². The molecule has 0 aliphatic carbocycles. The summed E-state index contributed by atoms with van der Waals surface area (Å²) in [6, 6.07) is 9.23. The van der Waals surface area contributed by atoms with Crippen molar-refractivity contribution in [1.82, 2.24) is 20.1 Å². The third kappa shape index (κ3) is 4.25. The van der Waals surface area contributed by atoms with E-state index in [1.165, 1.54) is 12.3 Å². The maximum absolute atomic E-state index is 13.3. The van der Waals surface area contributed by atoms with E-state index in [2.05, 4.69) is 31.3 Å². The molecule has 0 radical (unpaired) electrons. The number of halogens is 2. The lowest BCUT2D eigenvalue weighted by molar-refractivity contribution is -0.120. The van der Waals surface area contributed by atoms with Crippen LogP contribution >= 0.6 is 15.9 Å². The number of nitrogens with zero attached hydrogens (tertiary/aromatic N) is 4. The van der Waals surface area contributed by atoms with E-state index in [9.17, 15) is 14.0 Å². The second-order valence-corrected chi connectivity index (χ2v) is 8.05. The first-order valence-electron chi connectivity index (χ1n) is 9.42. The first-order chi connectivity index (χ1) is 14.4. The number of aryl methyl sites for hydroxylation is 1. The van der Waals surface area contributed by atoms with Gasteiger partial charge in [-0.05, 0) is 48.2 Å². The maximum Gasteiger partial charge on any atom is 0.342 e. The van der Waals surface area contributed by atoms with Gasteiger partial charge in [0.1, 0.15) is 6.04 Å². The average molecular weight is 472 g/mol. The van der Waals surface area contributed by atoms with E-state index in [0.29, 0.717) is 30.5 Å². The Balaban J connectivity index is 1.45. The second-order valence-electron chi connectivity index (χ2n) is 7.13. The molecule has 0 saturated heterocycles. The predicted molar refractivity (Wildman–Crippen MR) is 113 cm³/mol. The van der Waals surface area contributed by atoms with Crippen molar-refractivity contribution >= 4 is 33.6 Å². The number of anilines is 1. The molecule has 2 aromatic heterocycles. The van der Waals surface area contributed by atoms with Crippen molar-refractivity contribution in [2.45, 2.75) is 25.3 Å². The van der Waals surface area contributed by atoms with E-state index in [1.807, 2.05) is 18.2 Å². The zero-order chi connectivity index (χ0) is 21.3. The quantitative estimate of drug-likeness (QED) is 0.594. The molecule has 1 aromatic carbocycles. The Labute approximate surface area is 181 Å². The highest BCUT2D eigenvalue weighted by molar-refractivity contribution is 9.10. The number of likely N-dealkylation sites (N-methyl/N-ethyl adjacent to an activating group) is 1. The largest absolute Gasteiger partial charge is 0.342 e. The highest BCUT2D eigenvalue weighted by Gasteiger charge is 2.29. The normalized spacial score (nSPS) is 16.2. The van der Waals surface area contributed by atoms with Crippen molar-refractivity contribution in [2.24, 2.45) is 0 Å². The zero-order valence-electron chi connectivity index (χ0n) is 16.2. The van der Waals surface area contributed by atoms with Gasteiger partial charge in [0, 0.05) is 35.5 Å². The van der Waals surface area contributed by atoms with Crippen LogP contribution in [0.5, 0.6) is 0 Å². The van der Waals surface area contributed by atoms with E-state index in [1.54, 1.807) is 30.3 Å². The molecule has 1 aliphatic rings. The predicted octanol–water partition coefficient (Wildman–Crippen LogP) is 3.31. The fourth-order valence-corrected chi connectivity index (χ4v) is 3.85. The molecular formula is C21H19BrFN5O2. The van der Waals surface area contributed by atoms with E-state index < -0.39 is 18.0 Å². The van der Waals surface area contributed by atoms with E-state index in [-0.39, 0.29) is 5.91 Å². The standard InChI is InChI=1S/C21H19BrFN5O2/c1-27-18-10-15(22)7-5-14(18)6-8-17(20(27)29)26-21(30)28-12-13(11-24-28)9-16-3-2-4-19(23)25-16/h2-5,7,10-12,17H,6,8-9H2,1H3,(H,26,30). The van der Waals surface area contributed by atoms with Crippen LogP contribution in [0.15, 0.2) is 53.3 Å². The van der Waals surface area contributed by atoms with Crippen LogP contribution in [0.25, 0.3) is 0 Å². The summed E-state index contributed by atoms with van der Waals surface area (Å²) in [5.74, 6) is -0.738. The topological polar surface area (TPSA) is 80.1 Å². The van der Waals surface area contributed by atoms with E-state index >= 15 is 0 Å². The summed E-state index contributed by atoms with van der Waals surface area (Å²) in [5.41, 5.74) is 3.13. The van der Waals surface area contributed by atoms with Crippen molar-refractivity contribution in [1.29, 1.82) is 0 Å².